The maximum absolute atomic E-state index is 13.8. The molecule has 0 radical (unpaired) electrons. The largest absolute Gasteiger partial charge is 0.478 e. The van der Waals surface area contributed by atoms with Gasteiger partial charge >= 0.3 is 5.97 Å². The summed E-state index contributed by atoms with van der Waals surface area (Å²) in [5.74, 6) is -2.24. The van der Waals surface area contributed by atoms with Crippen LogP contribution in [0, 0.1) is 5.82 Å². The molecule has 92 valence electrons. The number of hydrogen-bond acceptors (Lipinski definition) is 4. The Morgan fingerprint density at radius 3 is 2.67 bits per heavy atom. The van der Waals surface area contributed by atoms with Crippen LogP contribution in [0.3, 0.4) is 0 Å². The summed E-state index contributed by atoms with van der Waals surface area (Å²) in [5.41, 5.74) is -0.431. The molecule has 0 atom stereocenters. The van der Waals surface area contributed by atoms with E-state index in [2.05, 4.69) is 9.97 Å². The van der Waals surface area contributed by atoms with Crippen LogP contribution in [0.4, 0.5) is 4.39 Å². The minimum Gasteiger partial charge on any atom is -0.478 e. The number of pyridine rings is 2. The van der Waals surface area contributed by atoms with Crippen LogP contribution in [0.1, 0.15) is 10.4 Å². The van der Waals surface area contributed by atoms with Gasteiger partial charge in [-0.05, 0) is 30.0 Å². The number of carboxylic acids is 1. The van der Waals surface area contributed by atoms with Gasteiger partial charge in [-0.25, -0.2) is 19.2 Å². The Labute approximate surface area is 111 Å². The van der Waals surface area contributed by atoms with E-state index >= 15 is 0 Å². The van der Waals surface area contributed by atoms with Crippen molar-refractivity contribution in [2.75, 3.05) is 0 Å². The van der Waals surface area contributed by atoms with Crippen molar-refractivity contribution in [1.29, 1.82) is 0 Å². The molecular weight excluding hydrogens is 279 g/mol. The van der Waals surface area contributed by atoms with E-state index < -0.39 is 17.3 Å². The number of halogens is 2. The quantitative estimate of drug-likeness (QED) is 0.938. The van der Waals surface area contributed by atoms with Gasteiger partial charge in [0.2, 0.25) is 0 Å². The van der Waals surface area contributed by atoms with Gasteiger partial charge in [-0.3, -0.25) is 0 Å². The minimum absolute atomic E-state index is 0.0736. The molecule has 1 N–H and O–H groups in total. The summed E-state index contributed by atoms with van der Waals surface area (Å²) in [6, 6.07) is 4.35. The van der Waals surface area contributed by atoms with Crippen LogP contribution in [-0.4, -0.2) is 21.0 Å². The first-order chi connectivity index (χ1) is 8.59. The fraction of sp³-hybridized carbons (Fsp3) is 0. The van der Waals surface area contributed by atoms with E-state index in [1.54, 1.807) is 12.1 Å². The number of hydrogen-bond donors (Lipinski definition) is 1. The zero-order chi connectivity index (χ0) is 13.1. The van der Waals surface area contributed by atoms with Crippen molar-refractivity contribution < 1.29 is 14.3 Å². The van der Waals surface area contributed by atoms with Crippen LogP contribution >= 0.6 is 23.4 Å². The third-order valence-electron chi connectivity index (χ3n) is 2.01. The summed E-state index contributed by atoms with van der Waals surface area (Å²) in [6.45, 7) is 0. The second-order valence-electron chi connectivity index (χ2n) is 3.18. The van der Waals surface area contributed by atoms with Crippen molar-refractivity contribution in [3.63, 3.8) is 0 Å². The average molecular weight is 285 g/mol. The number of carbonyl (C=O) groups is 1. The van der Waals surface area contributed by atoms with E-state index in [0.717, 1.165) is 17.8 Å². The second-order valence-corrected chi connectivity index (χ2v) is 4.56. The predicted molar refractivity (Wildman–Crippen MR) is 64.5 cm³/mol. The highest BCUT2D eigenvalue weighted by atomic mass is 35.5. The third kappa shape index (κ3) is 2.60. The fourth-order valence-corrected chi connectivity index (χ4v) is 2.21. The van der Waals surface area contributed by atoms with Crippen molar-refractivity contribution >= 4 is 29.3 Å². The molecule has 4 nitrogen and oxygen atoms in total. The lowest BCUT2D eigenvalue weighted by Gasteiger charge is -2.04. The van der Waals surface area contributed by atoms with Crippen LogP contribution in [0.2, 0.25) is 5.02 Å². The van der Waals surface area contributed by atoms with Crippen molar-refractivity contribution in [1.82, 2.24) is 9.97 Å². The van der Waals surface area contributed by atoms with Gasteiger partial charge < -0.3 is 5.11 Å². The van der Waals surface area contributed by atoms with E-state index in [1.165, 1.54) is 12.4 Å². The van der Waals surface area contributed by atoms with Gasteiger partial charge in [0.1, 0.15) is 10.1 Å². The highest BCUT2D eigenvalue weighted by molar-refractivity contribution is 7.99. The maximum atomic E-state index is 13.8. The van der Waals surface area contributed by atoms with Crippen molar-refractivity contribution in [2.45, 2.75) is 10.1 Å². The standard InChI is InChI=1S/C11H6ClFN2O2S/c12-7-2-1-4-14-9(7)18-10-8(13)6(11(16)17)3-5-15-10/h1-5H,(H,16,17). The van der Waals surface area contributed by atoms with Gasteiger partial charge in [-0.15, -0.1) is 0 Å². The zero-order valence-corrected chi connectivity index (χ0v) is 10.4. The summed E-state index contributed by atoms with van der Waals surface area (Å²) < 4.78 is 13.8. The molecule has 0 amide bonds. The summed E-state index contributed by atoms with van der Waals surface area (Å²) in [6.07, 6.45) is 2.73. The molecule has 0 unspecified atom stereocenters. The Morgan fingerprint density at radius 2 is 2.00 bits per heavy atom. The molecule has 0 aromatic carbocycles. The lowest BCUT2D eigenvalue weighted by atomic mass is 10.3. The SMILES string of the molecule is O=C(O)c1ccnc(Sc2ncccc2Cl)c1F. The summed E-state index contributed by atoms with van der Waals surface area (Å²) in [7, 11) is 0. The van der Waals surface area contributed by atoms with E-state index in [0.29, 0.717) is 10.0 Å². The lowest BCUT2D eigenvalue weighted by molar-refractivity contribution is 0.0691. The van der Waals surface area contributed by atoms with Gasteiger partial charge in [0.05, 0.1) is 10.6 Å². The number of nitrogens with zero attached hydrogens (tertiary/aromatic N) is 2. The fourth-order valence-electron chi connectivity index (χ4n) is 1.20. The number of rotatable bonds is 3. The molecule has 0 aliphatic rings. The Morgan fingerprint density at radius 1 is 1.28 bits per heavy atom. The molecule has 0 saturated carbocycles. The molecule has 2 aromatic rings. The Balaban J connectivity index is 2.39. The Hall–Kier alpha value is -1.66. The molecule has 0 fully saturated rings. The topological polar surface area (TPSA) is 63.1 Å². The first kappa shape index (κ1) is 12.8. The molecule has 0 saturated heterocycles. The van der Waals surface area contributed by atoms with Crippen LogP contribution in [0.15, 0.2) is 40.6 Å². The predicted octanol–water partition coefficient (Wildman–Crippen LogP) is 3.12. The smallest absolute Gasteiger partial charge is 0.338 e. The van der Waals surface area contributed by atoms with Crippen LogP contribution in [-0.2, 0) is 0 Å². The zero-order valence-electron chi connectivity index (χ0n) is 8.80. The molecular formula is C11H6ClFN2O2S. The van der Waals surface area contributed by atoms with Crippen molar-refractivity contribution in [3.8, 4) is 0 Å². The molecule has 2 heterocycles. The average Bonchev–Trinajstić information content (AvgIpc) is 2.34. The summed E-state index contributed by atoms with van der Waals surface area (Å²) in [5, 5.41) is 9.44. The second kappa shape index (κ2) is 5.32. The monoisotopic (exact) mass is 284 g/mol. The van der Waals surface area contributed by atoms with Gasteiger partial charge in [0.15, 0.2) is 5.82 Å². The van der Waals surface area contributed by atoms with E-state index in [-0.39, 0.29) is 5.03 Å². The van der Waals surface area contributed by atoms with E-state index in [4.69, 9.17) is 16.7 Å². The van der Waals surface area contributed by atoms with E-state index in [9.17, 15) is 9.18 Å². The number of aromatic nitrogens is 2. The lowest BCUT2D eigenvalue weighted by Crippen LogP contribution is -2.02. The van der Waals surface area contributed by atoms with Gasteiger partial charge in [-0.1, -0.05) is 11.6 Å². The first-order valence-corrected chi connectivity index (χ1v) is 5.95. The molecule has 0 spiro atoms. The molecule has 0 bridgehead atoms. The minimum atomic E-state index is -1.34. The van der Waals surface area contributed by atoms with Gasteiger partial charge in [0.25, 0.3) is 0 Å². The number of carboxylic acid groups (broad SMARTS) is 1. The van der Waals surface area contributed by atoms with E-state index in [1.807, 2.05) is 0 Å². The van der Waals surface area contributed by atoms with Gasteiger partial charge in [-0.2, -0.15) is 0 Å². The summed E-state index contributed by atoms with van der Waals surface area (Å²) in [4.78, 5) is 18.5. The van der Waals surface area contributed by atoms with Crippen molar-refractivity contribution in [2.24, 2.45) is 0 Å². The van der Waals surface area contributed by atoms with Crippen LogP contribution in [0.25, 0.3) is 0 Å². The molecule has 7 heteroatoms. The number of aromatic carboxylic acids is 1. The highest BCUT2D eigenvalue weighted by Gasteiger charge is 2.17. The highest BCUT2D eigenvalue weighted by Crippen LogP contribution is 2.32. The molecule has 0 aliphatic carbocycles. The molecule has 2 aromatic heterocycles. The summed E-state index contributed by atoms with van der Waals surface area (Å²) >= 11 is 6.76. The van der Waals surface area contributed by atoms with Gasteiger partial charge in [0, 0.05) is 12.4 Å². The molecule has 0 aliphatic heterocycles. The molecule has 18 heavy (non-hydrogen) atoms. The van der Waals surface area contributed by atoms with Crippen molar-refractivity contribution in [3.05, 3.63) is 47.0 Å². The van der Waals surface area contributed by atoms with Crippen LogP contribution in [0.5, 0.6) is 0 Å². The Kier molecular flexibility index (Phi) is 3.78. The van der Waals surface area contributed by atoms with Crippen LogP contribution < -0.4 is 0 Å². The molecule has 2 rings (SSSR count). The normalized spacial score (nSPS) is 10.3. The first-order valence-electron chi connectivity index (χ1n) is 4.75. The maximum Gasteiger partial charge on any atom is 0.338 e. The third-order valence-corrected chi connectivity index (χ3v) is 3.42. The Bertz CT molecular complexity index is 609.